The molecule has 1 aromatic heterocycles. The maximum absolute atomic E-state index is 12.8. The van der Waals surface area contributed by atoms with Crippen LogP contribution < -0.4 is 5.32 Å². The Hall–Kier alpha value is -3.08. The first-order valence-electron chi connectivity index (χ1n) is 9.08. The van der Waals surface area contributed by atoms with Crippen molar-refractivity contribution in [2.24, 2.45) is 5.92 Å². The summed E-state index contributed by atoms with van der Waals surface area (Å²) in [7, 11) is 0. The number of rotatable bonds is 4. The van der Waals surface area contributed by atoms with Gasteiger partial charge in [-0.25, -0.2) is 0 Å². The third-order valence-corrected chi connectivity index (χ3v) is 5.17. The molecule has 2 aromatic carbocycles. The lowest BCUT2D eigenvalue weighted by Gasteiger charge is -2.23. The lowest BCUT2D eigenvalue weighted by Crippen LogP contribution is -2.36. The van der Waals surface area contributed by atoms with Gasteiger partial charge in [0.2, 0.25) is 5.91 Å². The first-order chi connectivity index (χ1) is 12.9. The van der Waals surface area contributed by atoms with Crippen molar-refractivity contribution in [3.8, 4) is 0 Å². The van der Waals surface area contributed by atoms with Crippen molar-refractivity contribution in [1.29, 1.82) is 0 Å². The summed E-state index contributed by atoms with van der Waals surface area (Å²) >= 11 is 0. The largest absolute Gasteiger partial charge is 0.459 e. The fourth-order valence-electron chi connectivity index (χ4n) is 3.70. The maximum Gasteiger partial charge on any atom is 0.307 e. The number of ether oxygens (including phenoxy) is 1. The van der Waals surface area contributed by atoms with E-state index in [0.29, 0.717) is 0 Å². The molecule has 1 saturated heterocycles. The highest BCUT2D eigenvalue weighted by molar-refractivity contribution is 6.03. The van der Waals surface area contributed by atoms with Crippen LogP contribution in [-0.4, -0.2) is 22.0 Å². The number of cyclic esters (lactones) is 1. The third kappa shape index (κ3) is 3.33. The van der Waals surface area contributed by atoms with Crippen LogP contribution in [0.25, 0.3) is 10.9 Å². The number of nitrogens with one attached hydrogen (secondary N) is 1. The maximum atomic E-state index is 12.8. The molecule has 1 atom stereocenters. The quantitative estimate of drug-likeness (QED) is 0.715. The van der Waals surface area contributed by atoms with Crippen LogP contribution in [-0.2, 0) is 20.9 Å². The number of hydrogen-bond donors (Lipinski definition) is 1. The minimum absolute atomic E-state index is 0.115. The van der Waals surface area contributed by atoms with E-state index in [1.54, 1.807) is 13.8 Å². The van der Waals surface area contributed by atoms with Crippen molar-refractivity contribution in [2.75, 3.05) is 5.32 Å². The molecule has 1 aliphatic heterocycles. The van der Waals surface area contributed by atoms with Crippen LogP contribution >= 0.6 is 0 Å². The summed E-state index contributed by atoms with van der Waals surface area (Å²) in [5.41, 5.74) is 2.23. The normalized spacial score (nSPS) is 18.4. The highest BCUT2D eigenvalue weighted by atomic mass is 16.6. The van der Waals surface area contributed by atoms with Gasteiger partial charge in [-0.1, -0.05) is 36.4 Å². The van der Waals surface area contributed by atoms with E-state index in [2.05, 4.69) is 22.0 Å². The Balaban J connectivity index is 1.60. The van der Waals surface area contributed by atoms with Crippen LogP contribution in [0.2, 0.25) is 0 Å². The van der Waals surface area contributed by atoms with Gasteiger partial charge in [-0.15, -0.1) is 0 Å². The summed E-state index contributed by atoms with van der Waals surface area (Å²) in [5.74, 6) is -1.01. The van der Waals surface area contributed by atoms with E-state index in [4.69, 9.17) is 4.74 Å². The summed E-state index contributed by atoms with van der Waals surface area (Å²) in [4.78, 5) is 24.4. The molecule has 0 spiro atoms. The fourth-order valence-corrected chi connectivity index (χ4v) is 3.70. The minimum Gasteiger partial charge on any atom is -0.459 e. The molecule has 5 heteroatoms. The average Bonchev–Trinajstić information content (AvgIpc) is 3.16. The van der Waals surface area contributed by atoms with Crippen molar-refractivity contribution in [1.82, 2.24) is 4.57 Å². The Morgan fingerprint density at radius 3 is 2.63 bits per heavy atom. The van der Waals surface area contributed by atoms with E-state index in [1.165, 1.54) is 5.56 Å². The molecule has 1 N–H and O–H groups in total. The molecule has 0 unspecified atom stereocenters. The predicted molar refractivity (Wildman–Crippen MR) is 104 cm³/mol. The molecular formula is C22H22N2O3. The summed E-state index contributed by atoms with van der Waals surface area (Å²) in [6.45, 7) is 4.32. The Kier molecular flexibility index (Phi) is 4.22. The summed E-state index contributed by atoms with van der Waals surface area (Å²) < 4.78 is 7.43. The van der Waals surface area contributed by atoms with Gasteiger partial charge in [-0.2, -0.15) is 0 Å². The van der Waals surface area contributed by atoms with Crippen molar-refractivity contribution in [3.63, 3.8) is 0 Å². The van der Waals surface area contributed by atoms with E-state index >= 15 is 0 Å². The van der Waals surface area contributed by atoms with Crippen LogP contribution in [0.5, 0.6) is 0 Å². The fraction of sp³-hybridized carbons (Fsp3) is 0.273. The second-order valence-electron chi connectivity index (χ2n) is 7.49. The molecular weight excluding hydrogens is 340 g/mol. The first kappa shape index (κ1) is 17.3. The zero-order valence-electron chi connectivity index (χ0n) is 15.4. The van der Waals surface area contributed by atoms with Gasteiger partial charge in [0.05, 0.1) is 23.5 Å². The number of nitrogens with zero attached hydrogens (tertiary/aromatic N) is 1. The SMILES string of the molecule is CC1(C)OC(=O)C[C@@H]1C(=O)Nc1cccc2c1ccn2Cc1ccccc1. The number of carbonyl (C=O) groups excluding carboxylic acids is 2. The Morgan fingerprint density at radius 1 is 1.15 bits per heavy atom. The van der Waals surface area contributed by atoms with Crippen LogP contribution in [0.15, 0.2) is 60.8 Å². The second kappa shape index (κ2) is 6.58. The molecule has 1 aliphatic rings. The van der Waals surface area contributed by atoms with Gasteiger partial charge in [0.15, 0.2) is 0 Å². The smallest absolute Gasteiger partial charge is 0.307 e. The van der Waals surface area contributed by atoms with Crippen molar-refractivity contribution < 1.29 is 14.3 Å². The van der Waals surface area contributed by atoms with Gasteiger partial charge < -0.3 is 14.6 Å². The third-order valence-electron chi connectivity index (χ3n) is 5.17. The Morgan fingerprint density at radius 2 is 1.93 bits per heavy atom. The van der Waals surface area contributed by atoms with Gasteiger partial charge in [0.1, 0.15) is 5.60 Å². The molecule has 0 aliphatic carbocycles. The van der Waals surface area contributed by atoms with Crippen molar-refractivity contribution in [3.05, 3.63) is 66.4 Å². The monoisotopic (exact) mass is 362 g/mol. The number of carbonyl (C=O) groups is 2. The lowest BCUT2D eigenvalue weighted by molar-refractivity contribution is -0.147. The minimum atomic E-state index is -0.783. The lowest BCUT2D eigenvalue weighted by atomic mass is 9.90. The molecule has 3 aromatic rings. The Bertz CT molecular complexity index is 1000. The van der Waals surface area contributed by atoms with Crippen LogP contribution in [0, 0.1) is 5.92 Å². The number of esters is 1. The van der Waals surface area contributed by atoms with Gasteiger partial charge in [0.25, 0.3) is 0 Å². The summed E-state index contributed by atoms with van der Waals surface area (Å²) in [6, 6.07) is 18.1. The van der Waals surface area contributed by atoms with Crippen LogP contribution in [0.1, 0.15) is 25.8 Å². The molecule has 1 fully saturated rings. The zero-order chi connectivity index (χ0) is 19.0. The number of hydrogen-bond acceptors (Lipinski definition) is 3. The van der Waals surface area contributed by atoms with Crippen LogP contribution in [0.4, 0.5) is 5.69 Å². The Labute approximate surface area is 157 Å². The summed E-state index contributed by atoms with van der Waals surface area (Å²) in [5, 5.41) is 3.97. The summed E-state index contributed by atoms with van der Waals surface area (Å²) in [6.07, 6.45) is 2.14. The van der Waals surface area contributed by atoms with E-state index in [-0.39, 0.29) is 18.3 Å². The number of fused-ring (bicyclic) bond motifs is 1. The average molecular weight is 362 g/mol. The second-order valence-corrected chi connectivity index (χ2v) is 7.49. The van der Waals surface area contributed by atoms with Gasteiger partial charge >= 0.3 is 5.97 Å². The molecule has 138 valence electrons. The highest BCUT2D eigenvalue weighted by Crippen LogP contribution is 2.34. The topological polar surface area (TPSA) is 60.3 Å². The van der Waals surface area contributed by atoms with E-state index in [9.17, 15) is 9.59 Å². The zero-order valence-corrected chi connectivity index (χ0v) is 15.4. The molecule has 0 saturated carbocycles. The molecule has 27 heavy (non-hydrogen) atoms. The number of anilines is 1. The van der Waals surface area contributed by atoms with E-state index in [0.717, 1.165) is 23.1 Å². The van der Waals surface area contributed by atoms with E-state index in [1.807, 2.05) is 48.7 Å². The standard InChI is InChI=1S/C22H22N2O3/c1-22(2)17(13-20(25)27-22)21(26)23-18-9-6-10-19-16(18)11-12-24(19)14-15-7-4-3-5-8-15/h3-12,17H,13-14H2,1-2H3,(H,23,26)/t17-/m1/s1. The molecule has 4 rings (SSSR count). The number of amides is 1. The van der Waals surface area contributed by atoms with E-state index < -0.39 is 11.5 Å². The number of aromatic nitrogens is 1. The highest BCUT2D eigenvalue weighted by Gasteiger charge is 2.46. The molecule has 1 amide bonds. The first-order valence-corrected chi connectivity index (χ1v) is 9.08. The van der Waals surface area contributed by atoms with Gasteiger partial charge in [-0.05, 0) is 37.6 Å². The molecule has 0 bridgehead atoms. The molecule has 0 radical (unpaired) electrons. The number of benzene rings is 2. The van der Waals surface area contributed by atoms with Gasteiger partial charge in [-0.3, -0.25) is 9.59 Å². The van der Waals surface area contributed by atoms with Crippen LogP contribution in [0.3, 0.4) is 0 Å². The van der Waals surface area contributed by atoms with Crippen molar-refractivity contribution >= 4 is 28.5 Å². The molecule has 5 nitrogen and oxygen atoms in total. The predicted octanol–water partition coefficient (Wildman–Crippen LogP) is 3.97. The van der Waals surface area contributed by atoms with Crippen molar-refractivity contribution in [2.45, 2.75) is 32.4 Å². The van der Waals surface area contributed by atoms with Gasteiger partial charge in [0, 0.05) is 18.1 Å². The molecule has 2 heterocycles.